The Morgan fingerprint density at radius 3 is 2.62 bits per heavy atom. The van der Waals surface area contributed by atoms with Gasteiger partial charge in [0, 0.05) is 40.7 Å². The summed E-state index contributed by atoms with van der Waals surface area (Å²) in [5, 5.41) is 15.8. The molecule has 2 N–H and O–H groups in total. The minimum atomic E-state index is -1.54. The van der Waals surface area contributed by atoms with Crippen LogP contribution in [0.3, 0.4) is 0 Å². The van der Waals surface area contributed by atoms with E-state index in [0.29, 0.717) is 45.1 Å². The highest BCUT2D eigenvalue weighted by atomic mass is 19.1. The lowest BCUT2D eigenvalue weighted by molar-refractivity contribution is -0.127. The van der Waals surface area contributed by atoms with Gasteiger partial charge in [-0.3, -0.25) is 14.6 Å². The maximum atomic E-state index is 13.9. The predicted molar refractivity (Wildman–Crippen MR) is 169 cm³/mol. The van der Waals surface area contributed by atoms with E-state index in [-0.39, 0.29) is 37.2 Å². The SMILES string of the molecule is COc1cc(C(=O)CC[C@](C)(O)c2cc3c(c(-c4ccc(F)cc4)n2)OC[C@]3(C)C(=O)NC2CCCCC2)cc2cccnc12. The fourth-order valence-electron chi connectivity index (χ4n) is 6.35. The summed E-state index contributed by atoms with van der Waals surface area (Å²) in [6, 6.07) is 14.8. The lowest BCUT2D eigenvalue weighted by atomic mass is 9.80. The predicted octanol–water partition coefficient (Wildman–Crippen LogP) is 6.41. The Hall–Kier alpha value is -4.37. The maximum absolute atomic E-state index is 13.9. The van der Waals surface area contributed by atoms with E-state index in [9.17, 15) is 19.1 Å². The topological polar surface area (TPSA) is 111 Å². The van der Waals surface area contributed by atoms with Gasteiger partial charge in [-0.15, -0.1) is 0 Å². The van der Waals surface area contributed by atoms with Crippen LogP contribution < -0.4 is 14.8 Å². The van der Waals surface area contributed by atoms with Crippen molar-refractivity contribution in [3.63, 3.8) is 0 Å². The van der Waals surface area contributed by atoms with Crippen LogP contribution >= 0.6 is 0 Å². The molecule has 0 bridgehead atoms. The number of hydrogen-bond acceptors (Lipinski definition) is 7. The molecule has 2 aromatic heterocycles. The Kier molecular flexibility index (Phi) is 8.31. The number of nitrogens with one attached hydrogen (secondary N) is 1. The second-order valence-corrected chi connectivity index (χ2v) is 12.6. The van der Waals surface area contributed by atoms with Crippen LogP contribution in [0, 0.1) is 5.82 Å². The first kappa shape index (κ1) is 30.6. The van der Waals surface area contributed by atoms with Gasteiger partial charge in [-0.25, -0.2) is 9.37 Å². The highest BCUT2D eigenvalue weighted by Crippen LogP contribution is 2.46. The first-order chi connectivity index (χ1) is 21.6. The van der Waals surface area contributed by atoms with E-state index in [1.165, 1.54) is 25.7 Å². The Balaban J connectivity index is 1.32. The second-order valence-electron chi connectivity index (χ2n) is 12.6. The summed E-state index contributed by atoms with van der Waals surface area (Å²) in [5.41, 5.74) is 0.473. The molecule has 45 heavy (non-hydrogen) atoms. The number of aliphatic hydroxyl groups is 1. The molecule has 2 aliphatic rings. The summed E-state index contributed by atoms with van der Waals surface area (Å²) in [6.45, 7) is 3.57. The molecule has 9 heteroatoms. The van der Waals surface area contributed by atoms with Crippen molar-refractivity contribution in [2.45, 2.75) is 75.9 Å². The van der Waals surface area contributed by atoms with Crippen LogP contribution in [-0.2, 0) is 15.8 Å². The molecule has 234 valence electrons. The minimum absolute atomic E-state index is 0.0303. The number of aromatic nitrogens is 2. The quantitative estimate of drug-likeness (QED) is 0.210. The van der Waals surface area contributed by atoms with E-state index in [0.717, 1.165) is 31.1 Å². The molecule has 2 aromatic carbocycles. The summed E-state index contributed by atoms with van der Waals surface area (Å²) in [5.74, 6) is 0.244. The van der Waals surface area contributed by atoms with Gasteiger partial charge in [0.05, 0.1) is 12.8 Å². The minimum Gasteiger partial charge on any atom is -0.494 e. The lowest BCUT2D eigenvalue weighted by Crippen LogP contribution is -2.48. The zero-order valence-electron chi connectivity index (χ0n) is 25.9. The van der Waals surface area contributed by atoms with Crippen molar-refractivity contribution in [3.05, 3.63) is 83.4 Å². The van der Waals surface area contributed by atoms with E-state index in [2.05, 4.69) is 10.3 Å². The molecule has 4 aromatic rings. The lowest BCUT2D eigenvalue weighted by Gasteiger charge is -2.29. The van der Waals surface area contributed by atoms with Gasteiger partial charge in [-0.1, -0.05) is 25.3 Å². The van der Waals surface area contributed by atoms with Crippen LogP contribution in [0.15, 0.2) is 60.8 Å². The molecule has 1 saturated carbocycles. The molecule has 3 heterocycles. The first-order valence-corrected chi connectivity index (χ1v) is 15.5. The largest absolute Gasteiger partial charge is 0.494 e. The van der Waals surface area contributed by atoms with Crippen LogP contribution in [0.2, 0.25) is 0 Å². The van der Waals surface area contributed by atoms with Gasteiger partial charge in [0.25, 0.3) is 0 Å². The number of amides is 1. The Morgan fingerprint density at radius 2 is 1.89 bits per heavy atom. The number of ether oxygens (including phenoxy) is 2. The summed E-state index contributed by atoms with van der Waals surface area (Å²) < 4.78 is 25.5. The molecule has 2 atom stereocenters. The normalized spacial score (nSPS) is 19.4. The highest BCUT2D eigenvalue weighted by molar-refractivity contribution is 6.01. The number of rotatable bonds is 9. The van der Waals surface area contributed by atoms with Crippen LogP contribution in [0.4, 0.5) is 4.39 Å². The van der Waals surface area contributed by atoms with E-state index < -0.39 is 16.8 Å². The molecule has 0 radical (unpaired) electrons. The van der Waals surface area contributed by atoms with E-state index in [1.807, 2.05) is 13.0 Å². The molecule has 6 rings (SSSR count). The third-order valence-electron chi connectivity index (χ3n) is 9.23. The zero-order chi connectivity index (χ0) is 31.8. The van der Waals surface area contributed by atoms with Gasteiger partial charge in [-0.05, 0) is 81.6 Å². The van der Waals surface area contributed by atoms with Crippen molar-refractivity contribution >= 4 is 22.6 Å². The number of carbonyl (C=O) groups excluding carboxylic acids is 2. The fourth-order valence-corrected chi connectivity index (χ4v) is 6.35. The summed E-state index contributed by atoms with van der Waals surface area (Å²) in [6.07, 6.45) is 7.00. The van der Waals surface area contributed by atoms with Crippen molar-refractivity contribution in [2.75, 3.05) is 13.7 Å². The van der Waals surface area contributed by atoms with E-state index in [1.54, 1.807) is 49.5 Å². The summed E-state index contributed by atoms with van der Waals surface area (Å²) in [4.78, 5) is 36.4. The van der Waals surface area contributed by atoms with Gasteiger partial charge >= 0.3 is 0 Å². The van der Waals surface area contributed by atoms with Crippen molar-refractivity contribution in [3.8, 4) is 22.8 Å². The number of carbonyl (C=O) groups is 2. The van der Waals surface area contributed by atoms with Gasteiger partial charge in [0.1, 0.15) is 46.1 Å². The van der Waals surface area contributed by atoms with Crippen molar-refractivity contribution in [1.29, 1.82) is 0 Å². The molecule has 1 aliphatic carbocycles. The number of ketones is 1. The number of methoxy groups -OCH3 is 1. The number of fused-ring (bicyclic) bond motifs is 2. The van der Waals surface area contributed by atoms with Gasteiger partial charge in [0.2, 0.25) is 5.91 Å². The number of benzene rings is 2. The van der Waals surface area contributed by atoms with E-state index in [4.69, 9.17) is 14.5 Å². The number of nitrogens with zero attached hydrogens (tertiary/aromatic N) is 2. The molecule has 0 unspecified atom stereocenters. The number of Topliss-reactive ketones (excluding diaryl/α,β-unsaturated/α-hetero) is 1. The molecule has 1 amide bonds. The van der Waals surface area contributed by atoms with Crippen LogP contribution in [0.5, 0.6) is 11.5 Å². The third kappa shape index (κ3) is 6.01. The summed E-state index contributed by atoms with van der Waals surface area (Å²) >= 11 is 0. The van der Waals surface area contributed by atoms with Gasteiger partial charge < -0.3 is 19.9 Å². The van der Waals surface area contributed by atoms with Crippen molar-refractivity contribution in [2.24, 2.45) is 0 Å². The second kappa shape index (κ2) is 12.2. The Labute approximate surface area is 262 Å². The van der Waals surface area contributed by atoms with Gasteiger partial charge in [0.15, 0.2) is 5.78 Å². The van der Waals surface area contributed by atoms with Crippen LogP contribution in [-0.4, -0.2) is 46.5 Å². The molecule has 0 saturated heterocycles. The molecular formula is C36H38FN3O5. The number of pyridine rings is 2. The van der Waals surface area contributed by atoms with Crippen LogP contribution in [0.1, 0.15) is 80.4 Å². The summed E-state index contributed by atoms with van der Waals surface area (Å²) in [7, 11) is 1.54. The molecule has 0 spiro atoms. The number of halogens is 1. The van der Waals surface area contributed by atoms with Crippen LogP contribution in [0.25, 0.3) is 22.2 Å². The molecule has 1 fully saturated rings. The Morgan fingerprint density at radius 1 is 1.13 bits per heavy atom. The smallest absolute Gasteiger partial charge is 0.234 e. The zero-order valence-corrected chi connectivity index (χ0v) is 25.9. The Bertz CT molecular complexity index is 1750. The average Bonchev–Trinajstić information content (AvgIpc) is 3.41. The number of hydrogen-bond donors (Lipinski definition) is 2. The monoisotopic (exact) mass is 611 g/mol. The maximum Gasteiger partial charge on any atom is 0.234 e. The fraction of sp³-hybridized carbons (Fsp3) is 0.389. The van der Waals surface area contributed by atoms with E-state index >= 15 is 0 Å². The van der Waals surface area contributed by atoms with Crippen molar-refractivity contribution in [1.82, 2.24) is 15.3 Å². The molecule has 8 nitrogen and oxygen atoms in total. The average molecular weight is 612 g/mol. The van der Waals surface area contributed by atoms with Gasteiger partial charge in [-0.2, -0.15) is 0 Å². The standard InChI is InChI=1S/C36H38FN3O5/c1-35(34(42)39-26-9-5-4-6-10-26)21-45-33-27(35)20-30(40-32(33)22-11-13-25(37)14-12-22)36(2,43)16-15-28(41)24-18-23-8-7-17-38-31(23)29(19-24)44-3/h7-8,11-14,17-20,26,43H,4-6,9-10,15-16,21H2,1-3H3,(H,39,42)/t35-,36-/m0/s1. The molecular weight excluding hydrogens is 573 g/mol. The first-order valence-electron chi connectivity index (χ1n) is 15.5. The molecule has 1 aliphatic heterocycles. The van der Waals surface area contributed by atoms with Crippen molar-refractivity contribution < 1.29 is 28.6 Å². The third-order valence-corrected chi connectivity index (χ3v) is 9.23. The highest BCUT2D eigenvalue weighted by Gasteiger charge is 2.46.